The highest BCUT2D eigenvalue weighted by Gasteiger charge is 2.34. The minimum atomic E-state index is -1.80. The average molecular weight is 455 g/mol. The molecule has 1 rings (SSSR count). The lowest BCUT2D eigenvalue weighted by Crippen LogP contribution is -2.56. The third-order valence-electron chi connectivity index (χ3n) is 3.48. The number of nitrogens with one attached hydrogen (secondary N) is 3. The summed E-state index contributed by atoms with van der Waals surface area (Å²) in [5.41, 5.74) is 1.01. The van der Waals surface area contributed by atoms with Crippen LogP contribution < -0.4 is 16.0 Å². The fraction of sp³-hybridized carbons (Fsp3) is 0.471. The van der Waals surface area contributed by atoms with Gasteiger partial charge in [-0.05, 0) is 42.9 Å². The molecule has 27 heavy (non-hydrogen) atoms. The first-order chi connectivity index (χ1) is 12.7. The van der Waals surface area contributed by atoms with Crippen molar-refractivity contribution < 1.29 is 14.3 Å². The smallest absolute Gasteiger partial charge is 0.337 e. The lowest BCUT2D eigenvalue weighted by molar-refractivity contribution is -0.122. The Labute approximate surface area is 179 Å². The van der Waals surface area contributed by atoms with E-state index in [-0.39, 0.29) is 11.0 Å². The maximum atomic E-state index is 12.0. The molecule has 0 fully saturated rings. The monoisotopic (exact) mass is 453 g/mol. The van der Waals surface area contributed by atoms with Crippen molar-refractivity contribution >= 4 is 69.7 Å². The number of hydrogen-bond acceptors (Lipinski definition) is 4. The summed E-state index contributed by atoms with van der Waals surface area (Å²) in [7, 11) is 1.31. The molecule has 0 unspecified atom stereocenters. The van der Waals surface area contributed by atoms with Gasteiger partial charge in [0.15, 0.2) is 5.11 Å². The Balaban J connectivity index is 2.66. The molecule has 6 nitrogen and oxygen atoms in total. The van der Waals surface area contributed by atoms with Crippen molar-refractivity contribution in [1.82, 2.24) is 10.6 Å². The summed E-state index contributed by atoms with van der Waals surface area (Å²) in [6.07, 6.45) is 2.03. The Morgan fingerprint density at radius 3 is 2.30 bits per heavy atom. The number of benzene rings is 1. The van der Waals surface area contributed by atoms with Crippen LogP contribution in [0.2, 0.25) is 0 Å². The van der Waals surface area contributed by atoms with Crippen LogP contribution in [-0.2, 0) is 9.53 Å². The van der Waals surface area contributed by atoms with Gasteiger partial charge < -0.3 is 20.7 Å². The molecule has 0 saturated heterocycles. The van der Waals surface area contributed by atoms with Crippen LogP contribution in [0, 0.1) is 0 Å². The molecule has 1 amide bonds. The fourth-order valence-corrected chi connectivity index (χ4v) is 2.64. The lowest BCUT2D eigenvalue weighted by Gasteiger charge is -2.27. The second-order valence-corrected chi connectivity index (χ2v) is 8.44. The van der Waals surface area contributed by atoms with Gasteiger partial charge in [-0.1, -0.05) is 54.6 Å². The zero-order valence-corrected chi connectivity index (χ0v) is 18.1. The number of alkyl halides is 3. The molecule has 0 aliphatic carbocycles. The van der Waals surface area contributed by atoms with E-state index in [9.17, 15) is 9.59 Å². The van der Waals surface area contributed by atoms with Gasteiger partial charge in [0.1, 0.15) is 6.17 Å². The van der Waals surface area contributed by atoms with E-state index in [0.717, 1.165) is 19.3 Å². The molecule has 0 radical (unpaired) electrons. The highest BCUT2D eigenvalue weighted by Crippen LogP contribution is 2.29. The van der Waals surface area contributed by atoms with Gasteiger partial charge in [-0.3, -0.25) is 4.79 Å². The first kappa shape index (κ1) is 23.8. The summed E-state index contributed by atoms with van der Waals surface area (Å²) in [4.78, 5) is 23.4. The van der Waals surface area contributed by atoms with Gasteiger partial charge in [0, 0.05) is 12.1 Å². The van der Waals surface area contributed by atoms with Crippen LogP contribution in [0.15, 0.2) is 24.3 Å². The Kier molecular flexibility index (Phi) is 10.2. The van der Waals surface area contributed by atoms with E-state index in [1.165, 1.54) is 7.11 Å². The minimum Gasteiger partial charge on any atom is -0.465 e. The van der Waals surface area contributed by atoms with E-state index in [1.807, 2.05) is 6.92 Å². The number of halogens is 3. The SMILES string of the molecule is CCCCCC(=O)N[C@H](NC(=S)Nc1ccc(C(=O)OC)cc1)C(Cl)(Cl)Cl. The number of carbonyl (C=O) groups is 2. The third kappa shape index (κ3) is 8.97. The Morgan fingerprint density at radius 2 is 1.78 bits per heavy atom. The van der Waals surface area contributed by atoms with Gasteiger partial charge in [-0.2, -0.15) is 0 Å². The number of anilines is 1. The Hall–Kier alpha value is -1.28. The maximum absolute atomic E-state index is 12.0. The molecule has 0 saturated carbocycles. The second kappa shape index (κ2) is 11.5. The van der Waals surface area contributed by atoms with Gasteiger partial charge in [0.25, 0.3) is 0 Å². The Bertz CT molecular complexity index is 651. The number of amides is 1. The molecule has 150 valence electrons. The number of esters is 1. The number of unbranched alkanes of at least 4 members (excludes halogenated alkanes) is 2. The molecule has 0 aliphatic heterocycles. The maximum Gasteiger partial charge on any atom is 0.337 e. The number of carbonyl (C=O) groups excluding carboxylic acids is 2. The molecule has 1 aromatic rings. The van der Waals surface area contributed by atoms with Gasteiger partial charge in [0.2, 0.25) is 9.70 Å². The van der Waals surface area contributed by atoms with E-state index in [0.29, 0.717) is 17.7 Å². The summed E-state index contributed by atoms with van der Waals surface area (Å²) in [6.45, 7) is 2.05. The topological polar surface area (TPSA) is 79.5 Å². The normalized spacial score (nSPS) is 12.0. The number of rotatable bonds is 8. The van der Waals surface area contributed by atoms with E-state index < -0.39 is 15.9 Å². The third-order valence-corrected chi connectivity index (χ3v) is 4.35. The standard InChI is InChI=1S/C17H22Cl3N3O3S/c1-3-4-5-6-13(24)22-15(17(18,19)20)23-16(27)21-12-9-7-11(8-10-12)14(25)26-2/h7-10,15H,3-6H2,1-2H3,(H,22,24)(H2,21,23,27)/t15-/m1/s1. The van der Waals surface area contributed by atoms with Gasteiger partial charge >= 0.3 is 5.97 Å². The number of hydrogen-bond donors (Lipinski definition) is 3. The first-order valence-electron chi connectivity index (χ1n) is 8.29. The van der Waals surface area contributed by atoms with Crippen LogP contribution in [0.4, 0.5) is 5.69 Å². The predicted octanol–water partition coefficient (Wildman–Crippen LogP) is 4.15. The molecule has 1 atom stereocenters. The summed E-state index contributed by atoms with van der Waals surface area (Å²) in [5, 5.41) is 8.45. The first-order valence-corrected chi connectivity index (χ1v) is 9.83. The molecule has 0 spiro atoms. The largest absolute Gasteiger partial charge is 0.465 e. The number of ether oxygens (including phenoxy) is 1. The van der Waals surface area contributed by atoms with Crippen LogP contribution >= 0.6 is 47.0 Å². The molecule has 0 heterocycles. The zero-order chi connectivity index (χ0) is 20.4. The fourth-order valence-electron chi connectivity index (χ4n) is 2.07. The van der Waals surface area contributed by atoms with Crippen molar-refractivity contribution in [2.75, 3.05) is 12.4 Å². The second-order valence-electron chi connectivity index (χ2n) is 5.67. The number of thiocarbonyl (C=S) groups is 1. The van der Waals surface area contributed by atoms with Crippen molar-refractivity contribution in [3.63, 3.8) is 0 Å². The van der Waals surface area contributed by atoms with Crippen molar-refractivity contribution in [2.45, 2.75) is 42.6 Å². The molecule has 0 aromatic heterocycles. The molecule has 10 heteroatoms. The zero-order valence-electron chi connectivity index (χ0n) is 15.0. The Morgan fingerprint density at radius 1 is 1.15 bits per heavy atom. The van der Waals surface area contributed by atoms with Crippen LogP contribution in [0.1, 0.15) is 43.0 Å². The molecule has 1 aromatic carbocycles. The van der Waals surface area contributed by atoms with E-state index in [4.69, 9.17) is 47.0 Å². The quantitative estimate of drug-likeness (QED) is 0.180. The van der Waals surface area contributed by atoms with E-state index in [2.05, 4.69) is 20.7 Å². The van der Waals surface area contributed by atoms with Crippen molar-refractivity contribution in [3.05, 3.63) is 29.8 Å². The average Bonchev–Trinajstić information content (AvgIpc) is 2.60. The van der Waals surface area contributed by atoms with Crippen LogP contribution in [0.3, 0.4) is 0 Å². The minimum absolute atomic E-state index is 0.144. The predicted molar refractivity (Wildman–Crippen MR) is 114 cm³/mol. The molecular weight excluding hydrogens is 433 g/mol. The highest BCUT2D eigenvalue weighted by molar-refractivity contribution is 7.80. The van der Waals surface area contributed by atoms with Crippen molar-refractivity contribution in [1.29, 1.82) is 0 Å². The molecule has 0 aliphatic rings. The summed E-state index contributed by atoms with van der Waals surface area (Å²) < 4.78 is 2.83. The number of methoxy groups -OCH3 is 1. The van der Waals surface area contributed by atoms with Gasteiger partial charge in [-0.25, -0.2) is 4.79 Å². The molecule has 0 bridgehead atoms. The summed E-state index contributed by atoms with van der Waals surface area (Å²) in [6, 6.07) is 6.46. The lowest BCUT2D eigenvalue weighted by atomic mass is 10.2. The van der Waals surface area contributed by atoms with Crippen molar-refractivity contribution in [3.8, 4) is 0 Å². The van der Waals surface area contributed by atoms with E-state index in [1.54, 1.807) is 24.3 Å². The van der Waals surface area contributed by atoms with Gasteiger partial charge in [0.05, 0.1) is 12.7 Å². The van der Waals surface area contributed by atoms with Gasteiger partial charge in [-0.15, -0.1) is 0 Å². The van der Waals surface area contributed by atoms with E-state index >= 15 is 0 Å². The molecule has 3 N–H and O–H groups in total. The molecular formula is C17H22Cl3N3O3S. The summed E-state index contributed by atoms with van der Waals surface area (Å²) in [5.74, 6) is -0.679. The van der Waals surface area contributed by atoms with Crippen LogP contribution in [0.25, 0.3) is 0 Å². The summed E-state index contributed by atoms with van der Waals surface area (Å²) >= 11 is 23.0. The van der Waals surface area contributed by atoms with Crippen LogP contribution in [0.5, 0.6) is 0 Å². The van der Waals surface area contributed by atoms with Crippen LogP contribution in [-0.4, -0.2) is 34.1 Å². The highest BCUT2D eigenvalue weighted by atomic mass is 35.6. The van der Waals surface area contributed by atoms with Crippen molar-refractivity contribution in [2.24, 2.45) is 0 Å².